The van der Waals surface area contributed by atoms with E-state index in [0.29, 0.717) is 24.2 Å². The number of anilines is 1. The summed E-state index contributed by atoms with van der Waals surface area (Å²) in [6.07, 6.45) is 0.418. The van der Waals surface area contributed by atoms with Crippen LogP contribution < -0.4 is 4.90 Å². The number of amides is 1. The van der Waals surface area contributed by atoms with Gasteiger partial charge in [-0.15, -0.1) is 11.8 Å². The Morgan fingerprint density at radius 1 is 1.45 bits per heavy atom. The van der Waals surface area contributed by atoms with E-state index in [2.05, 4.69) is 0 Å². The molecule has 2 rings (SSSR count). The maximum atomic E-state index is 12.2. The SMILES string of the molecule is N#CCSCC(=O)N1CCC(C(=O)O)c2ccccc21. The minimum Gasteiger partial charge on any atom is -0.481 e. The van der Waals surface area contributed by atoms with Gasteiger partial charge in [0.05, 0.1) is 23.5 Å². The van der Waals surface area contributed by atoms with Crippen LogP contribution in [0.5, 0.6) is 0 Å². The molecule has 0 aromatic heterocycles. The number of carboxylic acid groups (broad SMARTS) is 1. The molecule has 6 heteroatoms. The van der Waals surface area contributed by atoms with Gasteiger partial charge in [-0.05, 0) is 18.1 Å². The summed E-state index contributed by atoms with van der Waals surface area (Å²) in [6, 6.07) is 9.10. The summed E-state index contributed by atoms with van der Waals surface area (Å²) >= 11 is 1.27. The Morgan fingerprint density at radius 3 is 2.90 bits per heavy atom. The number of benzene rings is 1. The molecule has 1 unspecified atom stereocenters. The van der Waals surface area contributed by atoms with E-state index in [1.54, 1.807) is 29.2 Å². The Bertz CT molecular complexity index is 568. The zero-order chi connectivity index (χ0) is 14.5. The number of para-hydroxylation sites is 1. The standard InChI is InChI=1S/C14H14N2O3S/c15-6-8-20-9-13(17)16-7-5-11(14(18)19)10-3-1-2-4-12(10)16/h1-4,11H,5,7-9H2,(H,18,19). The lowest BCUT2D eigenvalue weighted by Crippen LogP contribution is -2.39. The van der Waals surface area contributed by atoms with Gasteiger partial charge in [0.15, 0.2) is 0 Å². The fraction of sp³-hybridized carbons (Fsp3) is 0.357. The summed E-state index contributed by atoms with van der Waals surface area (Å²) in [5.41, 5.74) is 1.36. The molecule has 1 N–H and O–H groups in total. The second-order valence-corrected chi connectivity index (χ2v) is 5.42. The highest BCUT2D eigenvalue weighted by molar-refractivity contribution is 8.00. The average molecular weight is 290 g/mol. The van der Waals surface area contributed by atoms with Gasteiger partial charge in [-0.3, -0.25) is 9.59 Å². The van der Waals surface area contributed by atoms with Gasteiger partial charge in [-0.1, -0.05) is 18.2 Å². The maximum Gasteiger partial charge on any atom is 0.311 e. The minimum atomic E-state index is -0.858. The Labute approximate surface area is 121 Å². The minimum absolute atomic E-state index is 0.0819. The first-order valence-electron chi connectivity index (χ1n) is 6.22. The van der Waals surface area contributed by atoms with E-state index in [9.17, 15) is 14.7 Å². The molecule has 1 aromatic carbocycles. The highest BCUT2D eigenvalue weighted by atomic mass is 32.2. The number of carbonyl (C=O) groups excluding carboxylic acids is 1. The van der Waals surface area contributed by atoms with Crippen LogP contribution >= 0.6 is 11.8 Å². The quantitative estimate of drug-likeness (QED) is 0.856. The molecule has 1 atom stereocenters. The van der Waals surface area contributed by atoms with Crippen molar-refractivity contribution in [2.24, 2.45) is 0 Å². The van der Waals surface area contributed by atoms with Gasteiger partial charge in [0.25, 0.3) is 0 Å². The van der Waals surface area contributed by atoms with E-state index < -0.39 is 11.9 Å². The lowest BCUT2D eigenvalue weighted by molar-refractivity contribution is -0.139. The van der Waals surface area contributed by atoms with Crippen LogP contribution in [0.15, 0.2) is 24.3 Å². The monoisotopic (exact) mass is 290 g/mol. The van der Waals surface area contributed by atoms with Gasteiger partial charge in [-0.2, -0.15) is 5.26 Å². The van der Waals surface area contributed by atoms with Crippen molar-refractivity contribution in [3.05, 3.63) is 29.8 Å². The molecule has 0 radical (unpaired) electrons. The number of rotatable bonds is 4. The summed E-state index contributed by atoms with van der Waals surface area (Å²) in [6.45, 7) is 0.403. The molecule has 1 aromatic rings. The number of fused-ring (bicyclic) bond motifs is 1. The van der Waals surface area contributed by atoms with Crippen molar-refractivity contribution >= 4 is 29.3 Å². The topological polar surface area (TPSA) is 81.4 Å². The summed E-state index contributed by atoms with van der Waals surface area (Å²) in [4.78, 5) is 25.0. The highest BCUT2D eigenvalue weighted by Gasteiger charge is 2.31. The lowest BCUT2D eigenvalue weighted by Gasteiger charge is -2.32. The summed E-state index contributed by atoms with van der Waals surface area (Å²) < 4.78 is 0. The van der Waals surface area contributed by atoms with Gasteiger partial charge in [0, 0.05) is 12.2 Å². The smallest absolute Gasteiger partial charge is 0.311 e. The molecule has 0 saturated heterocycles. The molecule has 0 aliphatic carbocycles. The first-order valence-corrected chi connectivity index (χ1v) is 7.37. The second kappa shape index (κ2) is 6.44. The zero-order valence-electron chi connectivity index (χ0n) is 10.8. The van der Waals surface area contributed by atoms with Gasteiger partial charge >= 0.3 is 5.97 Å². The van der Waals surface area contributed by atoms with Crippen LogP contribution in [0.2, 0.25) is 0 Å². The molecular formula is C14H14N2O3S. The van der Waals surface area contributed by atoms with Crippen LogP contribution in [0.4, 0.5) is 5.69 Å². The third kappa shape index (κ3) is 2.94. The average Bonchev–Trinajstić information content (AvgIpc) is 2.46. The molecule has 0 saturated carbocycles. The van der Waals surface area contributed by atoms with E-state index in [-0.39, 0.29) is 17.4 Å². The summed E-state index contributed by atoms with van der Waals surface area (Å²) in [5, 5.41) is 17.7. The van der Waals surface area contributed by atoms with Crippen molar-refractivity contribution in [3.63, 3.8) is 0 Å². The van der Waals surface area contributed by atoms with Crippen LogP contribution in [-0.2, 0) is 9.59 Å². The number of aliphatic carboxylic acids is 1. The molecular weight excluding hydrogens is 276 g/mol. The fourth-order valence-corrected chi connectivity index (χ4v) is 2.86. The Balaban J connectivity index is 2.21. The van der Waals surface area contributed by atoms with Gasteiger partial charge in [0.2, 0.25) is 5.91 Å². The van der Waals surface area contributed by atoms with Gasteiger partial charge in [-0.25, -0.2) is 0 Å². The number of nitrogens with zero attached hydrogens (tertiary/aromatic N) is 2. The third-order valence-corrected chi connectivity index (χ3v) is 4.02. The first-order chi connectivity index (χ1) is 9.65. The molecule has 1 heterocycles. The Morgan fingerprint density at radius 2 is 2.20 bits per heavy atom. The van der Waals surface area contributed by atoms with Crippen LogP contribution in [0.25, 0.3) is 0 Å². The van der Waals surface area contributed by atoms with Crippen molar-refractivity contribution in [3.8, 4) is 6.07 Å². The molecule has 1 aliphatic heterocycles. The molecule has 1 amide bonds. The number of hydrogen-bond donors (Lipinski definition) is 1. The van der Waals surface area contributed by atoms with Crippen molar-refractivity contribution < 1.29 is 14.7 Å². The van der Waals surface area contributed by atoms with E-state index >= 15 is 0 Å². The number of carbonyl (C=O) groups is 2. The first kappa shape index (κ1) is 14.4. The third-order valence-electron chi connectivity index (χ3n) is 3.24. The van der Waals surface area contributed by atoms with Crippen molar-refractivity contribution in [1.82, 2.24) is 0 Å². The largest absolute Gasteiger partial charge is 0.481 e. The van der Waals surface area contributed by atoms with E-state index in [1.165, 1.54) is 11.8 Å². The van der Waals surface area contributed by atoms with E-state index in [4.69, 9.17) is 5.26 Å². The van der Waals surface area contributed by atoms with Crippen molar-refractivity contribution in [1.29, 1.82) is 5.26 Å². The van der Waals surface area contributed by atoms with Crippen molar-refractivity contribution in [2.45, 2.75) is 12.3 Å². The zero-order valence-corrected chi connectivity index (χ0v) is 11.6. The lowest BCUT2D eigenvalue weighted by atomic mass is 9.90. The van der Waals surface area contributed by atoms with Crippen molar-refractivity contribution in [2.75, 3.05) is 23.0 Å². The molecule has 0 spiro atoms. The summed E-state index contributed by atoms with van der Waals surface area (Å²) in [7, 11) is 0. The van der Waals surface area contributed by atoms with Crippen LogP contribution in [0.1, 0.15) is 17.9 Å². The number of thioether (sulfide) groups is 1. The molecule has 104 valence electrons. The number of hydrogen-bond acceptors (Lipinski definition) is 4. The van der Waals surface area contributed by atoms with E-state index in [0.717, 1.165) is 0 Å². The Hall–Kier alpha value is -2.00. The predicted octanol–water partition coefficient (Wildman–Crippen LogP) is 1.85. The number of nitriles is 1. The van der Waals surface area contributed by atoms with E-state index in [1.807, 2.05) is 6.07 Å². The highest BCUT2D eigenvalue weighted by Crippen LogP contribution is 2.35. The van der Waals surface area contributed by atoms with Crippen LogP contribution in [-0.4, -0.2) is 35.0 Å². The molecule has 20 heavy (non-hydrogen) atoms. The second-order valence-electron chi connectivity index (χ2n) is 4.43. The number of carboxylic acids is 1. The predicted molar refractivity (Wildman–Crippen MR) is 76.7 cm³/mol. The summed E-state index contributed by atoms with van der Waals surface area (Å²) in [5.74, 6) is -0.981. The van der Waals surface area contributed by atoms with Crippen LogP contribution in [0, 0.1) is 11.3 Å². The Kier molecular flexibility index (Phi) is 4.64. The normalized spacial score (nSPS) is 17.1. The van der Waals surface area contributed by atoms with Gasteiger partial charge < -0.3 is 10.0 Å². The molecule has 5 nitrogen and oxygen atoms in total. The maximum absolute atomic E-state index is 12.2. The molecule has 1 aliphatic rings. The molecule has 0 fully saturated rings. The van der Waals surface area contributed by atoms with Gasteiger partial charge in [0.1, 0.15) is 0 Å². The van der Waals surface area contributed by atoms with Crippen LogP contribution in [0.3, 0.4) is 0 Å². The fourth-order valence-electron chi connectivity index (χ4n) is 2.34. The molecule has 0 bridgehead atoms.